The number of halogens is 4. The van der Waals surface area contributed by atoms with Crippen molar-refractivity contribution in [3.05, 3.63) is 113 Å². The Bertz CT molecular complexity index is 1710. The van der Waals surface area contributed by atoms with E-state index >= 15 is 0 Å². The van der Waals surface area contributed by atoms with E-state index in [9.17, 15) is 9.59 Å². The van der Waals surface area contributed by atoms with Crippen molar-refractivity contribution in [3.63, 3.8) is 0 Å². The molecule has 0 amide bonds. The van der Waals surface area contributed by atoms with Crippen LogP contribution in [0.4, 0.5) is 9.59 Å². The zero-order valence-corrected chi connectivity index (χ0v) is 33.5. The van der Waals surface area contributed by atoms with Crippen molar-refractivity contribution in [2.75, 3.05) is 0 Å². The maximum atomic E-state index is 12.7. The Balaban J connectivity index is 1.46. The molecule has 248 valence electrons. The molecule has 4 aromatic carbocycles. The minimum atomic E-state index is -0.855. The first-order valence-corrected chi connectivity index (χ1v) is 18.1. The first-order valence-electron chi connectivity index (χ1n) is 14.9. The van der Waals surface area contributed by atoms with Gasteiger partial charge >= 0.3 is 12.3 Å². The van der Waals surface area contributed by atoms with Crippen LogP contribution in [0.2, 0.25) is 0 Å². The molecule has 0 atom stereocenters. The predicted octanol–water partition coefficient (Wildman–Crippen LogP) is 12.7. The highest BCUT2D eigenvalue weighted by atomic mass is 79.9. The average molecular weight is 896 g/mol. The van der Waals surface area contributed by atoms with Gasteiger partial charge in [-0.25, -0.2) is 9.59 Å². The number of benzene rings is 4. The van der Waals surface area contributed by atoms with E-state index in [-0.39, 0.29) is 5.41 Å². The van der Waals surface area contributed by atoms with E-state index < -0.39 is 17.7 Å². The Hall–Kier alpha value is -2.66. The van der Waals surface area contributed by atoms with Gasteiger partial charge in [0.15, 0.2) is 11.5 Å². The molecule has 4 rings (SSSR count). The van der Waals surface area contributed by atoms with Crippen LogP contribution in [0.5, 0.6) is 23.0 Å². The summed E-state index contributed by atoms with van der Waals surface area (Å²) in [6.07, 6.45) is -0.757. The molecule has 0 saturated heterocycles. The molecule has 47 heavy (non-hydrogen) atoms. The number of rotatable bonds is 8. The molecule has 4 aromatic rings. The summed E-state index contributed by atoms with van der Waals surface area (Å²) in [6, 6.07) is 22.3. The van der Waals surface area contributed by atoms with E-state index in [2.05, 4.69) is 112 Å². The lowest BCUT2D eigenvalue weighted by atomic mass is 9.78. The van der Waals surface area contributed by atoms with Crippen LogP contribution in [0, 0.1) is 5.92 Å². The average Bonchev–Trinajstić information content (AvgIpc) is 2.97. The highest BCUT2D eigenvalue weighted by Crippen LogP contribution is 2.44. The molecule has 0 aliphatic rings. The second-order valence-electron chi connectivity index (χ2n) is 13.1. The van der Waals surface area contributed by atoms with Crippen LogP contribution in [0.15, 0.2) is 90.7 Å². The van der Waals surface area contributed by atoms with Crippen LogP contribution in [0.1, 0.15) is 70.7 Å². The van der Waals surface area contributed by atoms with E-state index in [4.69, 9.17) is 18.9 Å². The first kappa shape index (κ1) is 37.2. The lowest BCUT2D eigenvalue weighted by molar-refractivity contribution is 0.150. The van der Waals surface area contributed by atoms with Gasteiger partial charge in [-0.1, -0.05) is 72.7 Å². The second kappa shape index (κ2) is 15.3. The largest absolute Gasteiger partial charge is 0.519 e. The normalized spacial score (nSPS) is 11.7. The highest BCUT2D eigenvalue weighted by Gasteiger charge is 2.29. The standard InChI is InChI=1S/C37H36Br4O6/c1-21(2)16-22-8-12-26(13-9-22)44-34(42)46-32-28(38)17-24(18-29(32)39)37(6,7)25-19-30(40)33(31(41)20-25)47-35(43)45-27-14-10-23(11-15-27)36(3,4)5/h8-15,17-21H,16H2,1-7H3. The van der Waals surface area contributed by atoms with Crippen molar-refractivity contribution < 1.29 is 28.5 Å². The highest BCUT2D eigenvalue weighted by molar-refractivity contribution is 9.11. The molecular weight excluding hydrogens is 860 g/mol. The molecular formula is C37H36Br4O6. The number of hydrogen-bond donors (Lipinski definition) is 0. The van der Waals surface area contributed by atoms with Crippen LogP contribution >= 0.6 is 63.7 Å². The molecule has 6 nitrogen and oxygen atoms in total. The van der Waals surface area contributed by atoms with E-state index in [1.165, 1.54) is 5.56 Å². The Morgan fingerprint density at radius 3 is 1.28 bits per heavy atom. The SMILES string of the molecule is CC(C)Cc1ccc(OC(=O)Oc2c(Br)cc(C(C)(C)c3cc(Br)c(OC(=O)Oc4ccc(C(C)(C)C)cc4)c(Br)c3)cc2Br)cc1. The van der Waals surface area contributed by atoms with Crippen LogP contribution in [0.3, 0.4) is 0 Å². The summed E-state index contributed by atoms with van der Waals surface area (Å²) < 4.78 is 24.2. The van der Waals surface area contributed by atoms with Gasteiger partial charge in [-0.2, -0.15) is 0 Å². The third kappa shape index (κ3) is 9.71. The monoisotopic (exact) mass is 892 g/mol. The third-order valence-electron chi connectivity index (χ3n) is 7.50. The van der Waals surface area contributed by atoms with Crippen molar-refractivity contribution in [2.45, 2.75) is 65.7 Å². The van der Waals surface area contributed by atoms with Crippen LogP contribution in [0.25, 0.3) is 0 Å². The van der Waals surface area contributed by atoms with Crippen molar-refractivity contribution in [1.82, 2.24) is 0 Å². The summed E-state index contributed by atoms with van der Waals surface area (Å²) in [5.41, 5.74) is 3.60. The maximum Gasteiger partial charge on any atom is 0.519 e. The topological polar surface area (TPSA) is 71.1 Å². The van der Waals surface area contributed by atoms with Crippen molar-refractivity contribution >= 4 is 76.0 Å². The third-order valence-corrected chi connectivity index (χ3v) is 9.86. The molecule has 0 heterocycles. The van der Waals surface area contributed by atoms with E-state index in [0.29, 0.717) is 46.8 Å². The number of hydrogen-bond acceptors (Lipinski definition) is 6. The fourth-order valence-electron chi connectivity index (χ4n) is 4.79. The van der Waals surface area contributed by atoms with Gasteiger partial charge in [0.2, 0.25) is 0 Å². The summed E-state index contributed by atoms with van der Waals surface area (Å²) in [6.45, 7) is 14.8. The molecule has 0 aliphatic carbocycles. The van der Waals surface area contributed by atoms with Gasteiger partial charge in [0.1, 0.15) is 11.5 Å². The Kier molecular flexibility index (Phi) is 12.1. The molecule has 0 fully saturated rings. The summed E-state index contributed by atoms with van der Waals surface area (Å²) in [4.78, 5) is 25.3. The number of carbonyl (C=O) groups excluding carboxylic acids is 2. The summed E-state index contributed by atoms with van der Waals surface area (Å²) in [5.74, 6) is 1.91. The number of carbonyl (C=O) groups is 2. The van der Waals surface area contributed by atoms with E-state index in [0.717, 1.165) is 23.1 Å². The van der Waals surface area contributed by atoms with Crippen LogP contribution in [-0.4, -0.2) is 12.3 Å². The molecule has 0 aromatic heterocycles. The minimum Gasteiger partial charge on any atom is -0.395 e. The minimum absolute atomic E-state index is 0.0131. The smallest absolute Gasteiger partial charge is 0.395 e. The second-order valence-corrected chi connectivity index (χ2v) is 16.5. The van der Waals surface area contributed by atoms with Gasteiger partial charge < -0.3 is 18.9 Å². The molecule has 0 saturated carbocycles. The molecule has 0 N–H and O–H groups in total. The lowest BCUT2D eigenvalue weighted by Crippen LogP contribution is -2.20. The molecule has 0 aliphatic heterocycles. The summed E-state index contributed by atoms with van der Waals surface area (Å²) in [5, 5.41) is 0. The summed E-state index contributed by atoms with van der Waals surface area (Å²) >= 11 is 14.3. The van der Waals surface area contributed by atoms with Crippen molar-refractivity contribution in [3.8, 4) is 23.0 Å². The van der Waals surface area contributed by atoms with Gasteiger partial charge in [0, 0.05) is 5.41 Å². The molecule has 0 spiro atoms. The van der Waals surface area contributed by atoms with Gasteiger partial charge in [-0.15, -0.1) is 0 Å². The Morgan fingerprint density at radius 1 is 0.574 bits per heavy atom. The number of ether oxygens (including phenoxy) is 4. The van der Waals surface area contributed by atoms with Gasteiger partial charge in [-0.3, -0.25) is 0 Å². The molecule has 10 heteroatoms. The Morgan fingerprint density at radius 2 is 0.936 bits per heavy atom. The fourth-order valence-corrected chi connectivity index (χ4v) is 7.49. The fraction of sp³-hybridized carbons (Fsp3) is 0.297. The van der Waals surface area contributed by atoms with Gasteiger partial charge in [0.25, 0.3) is 0 Å². The van der Waals surface area contributed by atoms with Crippen molar-refractivity contribution in [2.24, 2.45) is 5.92 Å². The van der Waals surface area contributed by atoms with Gasteiger partial charge in [-0.05, 0) is 152 Å². The maximum absolute atomic E-state index is 12.7. The van der Waals surface area contributed by atoms with Gasteiger partial charge in [0.05, 0.1) is 17.9 Å². The first-order chi connectivity index (χ1) is 21.9. The zero-order valence-electron chi connectivity index (χ0n) is 27.2. The zero-order chi connectivity index (χ0) is 34.7. The van der Waals surface area contributed by atoms with E-state index in [1.807, 2.05) is 48.5 Å². The van der Waals surface area contributed by atoms with Crippen LogP contribution < -0.4 is 18.9 Å². The molecule has 0 unspecified atom stereocenters. The van der Waals surface area contributed by atoms with Crippen molar-refractivity contribution in [1.29, 1.82) is 0 Å². The summed E-state index contributed by atoms with van der Waals surface area (Å²) in [7, 11) is 0. The quantitative estimate of drug-likeness (QED) is 0.130. The van der Waals surface area contributed by atoms with E-state index in [1.54, 1.807) is 24.3 Å². The Labute approximate surface area is 310 Å². The van der Waals surface area contributed by atoms with Crippen LogP contribution in [-0.2, 0) is 17.3 Å². The lowest BCUT2D eigenvalue weighted by Gasteiger charge is -2.28. The molecule has 0 radical (unpaired) electrons. The predicted molar refractivity (Wildman–Crippen MR) is 199 cm³/mol. The molecule has 0 bridgehead atoms.